The summed E-state index contributed by atoms with van der Waals surface area (Å²) in [6.07, 6.45) is -2.51. The van der Waals surface area contributed by atoms with Gasteiger partial charge in [0, 0.05) is 6.07 Å². The zero-order valence-electron chi connectivity index (χ0n) is 22.2. The average molecular weight is 564 g/mol. The second kappa shape index (κ2) is 12.6. The number of hydrogen-bond acceptors (Lipinski definition) is 12. The van der Waals surface area contributed by atoms with Crippen molar-refractivity contribution in [3.63, 3.8) is 0 Å². The van der Waals surface area contributed by atoms with Crippen molar-refractivity contribution in [2.75, 3.05) is 20.2 Å². The fourth-order valence-corrected chi connectivity index (χ4v) is 3.83. The quantitative estimate of drug-likeness (QED) is 0.149. The Morgan fingerprint density at radius 1 is 0.974 bits per heavy atom. The molecule has 0 saturated carbocycles. The summed E-state index contributed by atoms with van der Waals surface area (Å²) in [6, 6.07) is 2.96. The van der Waals surface area contributed by atoms with Crippen LogP contribution in [0.1, 0.15) is 58.1 Å². The van der Waals surface area contributed by atoms with E-state index in [2.05, 4.69) is 0 Å². The predicted octanol–water partition coefficient (Wildman–Crippen LogP) is 0.944. The van der Waals surface area contributed by atoms with Gasteiger partial charge in [-0.1, -0.05) is 0 Å². The number of aromatic nitrogens is 1. The van der Waals surface area contributed by atoms with Gasteiger partial charge in [0.25, 0.3) is 12.1 Å². The second-order valence-corrected chi connectivity index (χ2v) is 12.2. The molecule has 0 spiro atoms. The first-order valence-electron chi connectivity index (χ1n) is 11.6. The van der Waals surface area contributed by atoms with Crippen LogP contribution in [-0.4, -0.2) is 66.6 Å². The molecule has 0 aliphatic carbocycles. The Morgan fingerprint density at radius 2 is 1.50 bits per heavy atom. The highest BCUT2D eigenvalue weighted by molar-refractivity contribution is 7.48. The van der Waals surface area contributed by atoms with Crippen molar-refractivity contribution in [2.24, 2.45) is 16.6 Å². The van der Waals surface area contributed by atoms with E-state index in [0.29, 0.717) is 0 Å². The van der Waals surface area contributed by atoms with E-state index in [1.165, 1.54) is 29.1 Å². The number of nitrogens with zero attached hydrogens (tertiary/aromatic N) is 1. The van der Waals surface area contributed by atoms with Crippen molar-refractivity contribution < 1.29 is 61.5 Å². The number of ether oxygens (including phenoxy) is 3. The number of phosphoric ester groups is 1. The maximum atomic E-state index is 13.2. The first-order valence-corrected chi connectivity index (χ1v) is 13.1. The maximum Gasteiger partial charge on any atom is 0.480 e. The number of carbonyl (C=O) groups excluding carboxylic acids is 3. The van der Waals surface area contributed by atoms with Crippen LogP contribution >= 0.6 is 7.82 Å². The van der Waals surface area contributed by atoms with Crippen LogP contribution in [0.5, 0.6) is 0 Å². The van der Waals surface area contributed by atoms with E-state index in [-0.39, 0.29) is 5.56 Å². The third-order valence-electron chi connectivity index (χ3n) is 5.16. The van der Waals surface area contributed by atoms with E-state index in [1.54, 1.807) is 41.5 Å². The molecule has 214 valence electrons. The van der Waals surface area contributed by atoms with Gasteiger partial charge in [-0.15, -0.1) is 0 Å². The summed E-state index contributed by atoms with van der Waals surface area (Å²) < 4.78 is 45.4. The topological polar surface area (TPSA) is 194 Å². The highest BCUT2D eigenvalue weighted by Gasteiger charge is 2.49. The molecule has 2 unspecified atom stereocenters. The monoisotopic (exact) mass is 563 g/mol. The van der Waals surface area contributed by atoms with Gasteiger partial charge in [-0.25, -0.2) is 13.6 Å². The zero-order valence-corrected chi connectivity index (χ0v) is 23.1. The van der Waals surface area contributed by atoms with Gasteiger partial charge < -0.3 is 30.2 Å². The number of pyridine rings is 1. The molecular weight excluding hydrogens is 527 g/mol. The van der Waals surface area contributed by atoms with Gasteiger partial charge >= 0.3 is 19.8 Å². The smallest absolute Gasteiger partial charge is 0.437 e. The molecule has 1 aromatic rings. The van der Waals surface area contributed by atoms with Gasteiger partial charge in [0.1, 0.15) is 17.8 Å². The molecule has 1 aromatic heterocycles. The van der Waals surface area contributed by atoms with E-state index >= 15 is 0 Å². The van der Waals surface area contributed by atoms with Crippen molar-refractivity contribution in [2.45, 2.75) is 66.1 Å². The minimum atomic E-state index is -4.54. The molecule has 2 heterocycles. The molecular formula is C23H36N2O12P+. The van der Waals surface area contributed by atoms with Gasteiger partial charge in [-0.2, -0.15) is 4.57 Å². The van der Waals surface area contributed by atoms with Gasteiger partial charge in [-0.05, 0) is 47.6 Å². The van der Waals surface area contributed by atoms with Crippen molar-refractivity contribution in [1.82, 2.24) is 0 Å². The van der Waals surface area contributed by atoms with Crippen LogP contribution in [-0.2, 0) is 41.9 Å². The van der Waals surface area contributed by atoms with Crippen LogP contribution < -0.4 is 10.3 Å². The molecule has 1 saturated heterocycles. The third-order valence-corrected chi connectivity index (χ3v) is 6.47. The lowest BCUT2D eigenvalue weighted by atomic mass is 9.98. The van der Waals surface area contributed by atoms with Crippen molar-refractivity contribution in [1.29, 1.82) is 0 Å². The summed E-state index contributed by atoms with van der Waals surface area (Å²) in [5.41, 5.74) is 3.69. The Balaban J connectivity index is 2.09. The maximum absolute atomic E-state index is 13.2. The Hall–Kier alpha value is -2.45. The van der Waals surface area contributed by atoms with Crippen LogP contribution in [0.25, 0.3) is 0 Å². The molecule has 1 fully saturated rings. The molecule has 15 heteroatoms. The van der Waals surface area contributed by atoms with Gasteiger partial charge in [0.05, 0.1) is 17.4 Å². The van der Waals surface area contributed by atoms with Gasteiger partial charge in [0.2, 0.25) is 13.6 Å². The van der Waals surface area contributed by atoms with E-state index in [9.17, 15) is 29.2 Å². The molecule has 4 N–H and O–H groups in total. The fraction of sp³-hybridized carbons (Fsp3) is 0.652. The molecule has 0 aromatic carbocycles. The minimum absolute atomic E-state index is 0.137. The molecule has 1 amide bonds. The van der Waals surface area contributed by atoms with E-state index in [1.807, 2.05) is 0 Å². The van der Waals surface area contributed by atoms with Crippen molar-refractivity contribution in [3.05, 3.63) is 30.1 Å². The summed E-state index contributed by atoms with van der Waals surface area (Å²) in [4.78, 5) is 35.5. The highest BCUT2D eigenvalue weighted by atomic mass is 31.2. The largest absolute Gasteiger partial charge is 0.480 e. The standard InChI is InChI=1S/C23H35N2O12P/c1-22(2,3)20(29)32-12-35-38(31,36-13-33-21(30)23(4,5)6)34-11-15-16(26)17(27)19(37-15)25-9-7-8-14(10-25)18(24)28/h7-10,15-17,19,26-27H,11-13H2,1-6H3,(H-,24,28)/p+1/t15-,16?,17?,19-/m1/s1. The number of primary amides is 1. The van der Waals surface area contributed by atoms with Gasteiger partial charge in [0.15, 0.2) is 18.5 Å². The van der Waals surface area contributed by atoms with Crippen molar-refractivity contribution in [3.8, 4) is 0 Å². The lowest BCUT2D eigenvalue weighted by Gasteiger charge is -2.22. The van der Waals surface area contributed by atoms with Crippen LogP contribution in [0, 0.1) is 10.8 Å². The second-order valence-electron chi connectivity index (χ2n) is 10.6. The highest BCUT2D eigenvalue weighted by Crippen LogP contribution is 2.50. The molecule has 0 radical (unpaired) electrons. The minimum Gasteiger partial charge on any atom is -0.437 e. The summed E-state index contributed by atoms with van der Waals surface area (Å²) in [5.74, 6) is -2.01. The Bertz CT molecular complexity index is 1020. The lowest BCUT2D eigenvalue weighted by Crippen LogP contribution is -2.46. The molecule has 0 bridgehead atoms. The van der Waals surface area contributed by atoms with Crippen LogP contribution in [0.3, 0.4) is 0 Å². The number of aliphatic hydroxyl groups excluding tert-OH is 2. The number of esters is 2. The summed E-state index contributed by atoms with van der Waals surface area (Å²) in [5, 5.41) is 21.0. The molecule has 14 nitrogen and oxygen atoms in total. The van der Waals surface area contributed by atoms with Crippen LogP contribution in [0.2, 0.25) is 0 Å². The number of rotatable bonds is 11. The molecule has 1 aliphatic heterocycles. The first-order chi connectivity index (χ1) is 17.4. The van der Waals surface area contributed by atoms with E-state index in [0.717, 1.165) is 0 Å². The number of amides is 1. The molecule has 2 rings (SSSR count). The average Bonchev–Trinajstić information content (AvgIpc) is 3.10. The molecule has 38 heavy (non-hydrogen) atoms. The van der Waals surface area contributed by atoms with Crippen LogP contribution in [0.4, 0.5) is 0 Å². The first kappa shape index (κ1) is 31.8. The number of nitrogens with two attached hydrogens (primary N) is 1. The summed E-state index contributed by atoms with van der Waals surface area (Å²) in [7, 11) is -4.54. The summed E-state index contributed by atoms with van der Waals surface area (Å²) in [6.45, 7) is 7.39. The summed E-state index contributed by atoms with van der Waals surface area (Å²) >= 11 is 0. The van der Waals surface area contributed by atoms with E-state index in [4.69, 9.17) is 33.5 Å². The predicted molar refractivity (Wildman–Crippen MR) is 128 cm³/mol. The number of aliphatic hydroxyl groups is 2. The van der Waals surface area contributed by atoms with Crippen molar-refractivity contribution >= 4 is 25.7 Å². The number of carbonyl (C=O) groups is 3. The third kappa shape index (κ3) is 8.80. The Labute approximate surface area is 220 Å². The van der Waals surface area contributed by atoms with E-state index < -0.39 is 81.2 Å². The fourth-order valence-electron chi connectivity index (χ4n) is 2.91. The van der Waals surface area contributed by atoms with Crippen LogP contribution in [0.15, 0.2) is 24.5 Å². The molecule has 1 aliphatic rings. The van der Waals surface area contributed by atoms with Gasteiger partial charge in [-0.3, -0.25) is 18.9 Å². The number of hydrogen-bond donors (Lipinski definition) is 3. The Morgan fingerprint density at radius 3 is 1.97 bits per heavy atom. The number of phosphoric acid groups is 1. The lowest BCUT2D eigenvalue weighted by molar-refractivity contribution is -0.765. The molecule has 4 atom stereocenters. The zero-order chi connectivity index (χ0) is 28.9. The normalized spacial score (nSPS) is 22.2. The Kier molecular flexibility index (Phi) is 10.5. The SMILES string of the molecule is CC(C)(C)C(=O)OCOP(=O)(OCOC(=O)C(C)(C)C)OC[C@H]1O[C@@H]([n+]2cccc(C(N)=O)c2)C(O)C1O.